The summed E-state index contributed by atoms with van der Waals surface area (Å²) in [7, 11) is 0. The molecule has 0 bridgehead atoms. The third-order valence-corrected chi connectivity index (χ3v) is 2.28. The fraction of sp³-hybridized carbons (Fsp3) is 0.462. The van der Waals surface area contributed by atoms with Crippen LogP contribution in [0.25, 0.3) is 0 Å². The molecule has 2 N–H and O–H groups in total. The lowest BCUT2D eigenvalue weighted by molar-refractivity contribution is 0.101. The van der Waals surface area contributed by atoms with Crippen molar-refractivity contribution in [2.24, 2.45) is 0 Å². The molecule has 0 saturated heterocycles. The number of rotatable bonds is 6. The van der Waals surface area contributed by atoms with Crippen molar-refractivity contribution in [3.8, 4) is 0 Å². The van der Waals surface area contributed by atoms with Crippen LogP contribution in [-0.2, 0) is 0 Å². The van der Waals surface area contributed by atoms with Crippen LogP contribution in [0, 0.1) is 0 Å². The molecule has 88 valence electrons. The third kappa shape index (κ3) is 4.45. The Kier molecular flexibility index (Phi) is 4.99. The van der Waals surface area contributed by atoms with Crippen LogP contribution >= 0.6 is 0 Å². The van der Waals surface area contributed by atoms with E-state index in [-0.39, 0.29) is 5.78 Å². The van der Waals surface area contributed by atoms with Gasteiger partial charge in [0.15, 0.2) is 5.78 Å². The summed E-state index contributed by atoms with van der Waals surface area (Å²) in [4.78, 5) is 11.2. The molecular formula is C13H20N2O. The molecule has 0 spiro atoms. The SMILES string of the molecule is CC(=O)c1cccc(NCCNC(C)C)c1. The van der Waals surface area contributed by atoms with Crippen molar-refractivity contribution >= 4 is 11.5 Å². The lowest BCUT2D eigenvalue weighted by atomic mass is 10.1. The van der Waals surface area contributed by atoms with E-state index in [4.69, 9.17) is 0 Å². The van der Waals surface area contributed by atoms with Crippen LogP contribution in [0.3, 0.4) is 0 Å². The Hall–Kier alpha value is -1.35. The first-order valence-corrected chi connectivity index (χ1v) is 5.68. The molecular weight excluding hydrogens is 200 g/mol. The molecule has 0 amide bonds. The van der Waals surface area contributed by atoms with E-state index in [1.54, 1.807) is 6.92 Å². The highest BCUT2D eigenvalue weighted by atomic mass is 16.1. The first kappa shape index (κ1) is 12.7. The average Bonchev–Trinajstić information content (AvgIpc) is 2.24. The summed E-state index contributed by atoms with van der Waals surface area (Å²) in [6, 6.07) is 8.10. The molecule has 0 aliphatic heterocycles. The normalized spacial score (nSPS) is 10.5. The van der Waals surface area contributed by atoms with Crippen LogP contribution in [0.1, 0.15) is 31.1 Å². The van der Waals surface area contributed by atoms with Gasteiger partial charge in [-0.2, -0.15) is 0 Å². The molecule has 0 heterocycles. The van der Waals surface area contributed by atoms with E-state index in [0.29, 0.717) is 6.04 Å². The first-order valence-electron chi connectivity index (χ1n) is 5.68. The third-order valence-electron chi connectivity index (χ3n) is 2.28. The zero-order valence-corrected chi connectivity index (χ0v) is 10.2. The smallest absolute Gasteiger partial charge is 0.159 e. The van der Waals surface area contributed by atoms with E-state index < -0.39 is 0 Å². The minimum Gasteiger partial charge on any atom is -0.384 e. The molecule has 0 radical (unpaired) electrons. The minimum atomic E-state index is 0.101. The van der Waals surface area contributed by atoms with Gasteiger partial charge in [0.1, 0.15) is 0 Å². The molecule has 1 aromatic rings. The second kappa shape index (κ2) is 6.28. The molecule has 0 saturated carbocycles. The second-order valence-electron chi connectivity index (χ2n) is 4.17. The van der Waals surface area contributed by atoms with Gasteiger partial charge in [-0.3, -0.25) is 4.79 Å². The molecule has 0 atom stereocenters. The summed E-state index contributed by atoms with van der Waals surface area (Å²) >= 11 is 0. The maximum Gasteiger partial charge on any atom is 0.159 e. The van der Waals surface area contributed by atoms with Crippen molar-refractivity contribution in [2.45, 2.75) is 26.8 Å². The minimum absolute atomic E-state index is 0.101. The number of carbonyl (C=O) groups excluding carboxylic acids is 1. The van der Waals surface area contributed by atoms with Crippen molar-refractivity contribution in [3.63, 3.8) is 0 Å². The van der Waals surface area contributed by atoms with Crippen molar-refractivity contribution < 1.29 is 4.79 Å². The van der Waals surface area contributed by atoms with E-state index >= 15 is 0 Å². The molecule has 1 rings (SSSR count). The molecule has 16 heavy (non-hydrogen) atoms. The van der Waals surface area contributed by atoms with Crippen LogP contribution in [0.5, 0.6) is 0 Å². The quantitative estimate of drug-likeness (QED) is 0.571. The van der Waals surface area contributed by atoms with Crippen LogP contribution in [0.2, 0.25) is 0 Å². The standard InChI is InChI=1S/C13H20N2O/c1-10(2)14-7-8-15-13-6-4-5-12(9-13)11(3)16/h4-6,9-10,14-15H,7-8H2,1-3H3. The average molecular weight is 220 g/mol. The number of nitrogens with one attached hydrogen (secondary N) is 2. The van der Waals surface area contributed by atoms with E-state index in [1.807, 2.05) is 24.3 Å². The summed E-state index contributed by atoms with van der Waals surface area (Å²) in [5.74, 6) is 0.101. The number of hydrogen-bond acceptors (Lipinski definition) is 3. The number of hydrogen-bond donors (Lipinski definition) is 2. The van der Waals surface area contributed by atoms with Crippen LogP contribution in [-0.4, -0.2) is 24.9 Å². The van der Waals surface area contributed by atoms with Crippen LogP contribution in [0.4, 0.5) is 5.69 Å². The highest BCUT2D eigenvalue weighted by Gasteiger charge is 1.99. The fourth-order valence-electron chi connectivity index (χ4n) is 1.42. The molecule has 0 aromatic heterocycles. The van der Waals surface area contributed by atoms with Crippen molar-refractivity contribution in [2.75, 3.05) is 18.4 Å². The monoisotopic (exact) mass is 220 g/mol. The highest BCUT2D eigenvalue weighted by molar-refractivity contribution is 5.94. The predicted octanol–water partition coefficient (Wildman–Crippen LogP) is 2.30. The number of benzene rings is 1. The first-order chi connectivity index (χ1) is 7.59. The Balaban J connectivity index is 2.42. The van der Waals surface area contributed by atoms with E-state index in [2.05, 4.69) is 24.5 Å². The van der Waals surface area contributed by atoms with E-state index in [9.17, 15) is 4.79 Å². The second-order valence-corrected chi connectivity index (χ2v) is 4.17. The maximum absolute atomic E-state index is 11.2. The van der Waals surface area contributed by atoms with Gasteiger partial charge in [-0.1, -0.05) is 26.0 Å². The molecule has 0 aliphatic rings. The molecule has 3 heteroatoms. The Morgan fingerprint density at radius 1 is 1.31 bits per heavy atom. The lowest BCUT2D eigenvalue weighted by Crippen LogP contribution is -2.28. The van der Waals surface area contributed by atoms with Crippen LogP contribution in [0.15, 0.2) is 24.3 Å². The maximum atomic E-state index is 11.2. The number of Topliss-reactive ketones (excluding diaryl/α,β-unsaturated/α-hetero) is 1. The molecule has 3 nitrogen and oxygen atoms in total. The topological polar surface area (TPSA) is 41.1 Å². The zero-order valence-electron chi connectivity index (χ0n) is 10.2. The van der Waals surface area contributed by atoms with Crippen molar-refractivity contribution in [3.05, 3.63) is 29.8 Å². The van der Waals surface area contributed by atoms with Gasteiger partial charge < -0.3 is 10.6 Å². The summed E-state index contributed by atoms with van der Waals surface area (Å²) in [5.41, 5.74) is 1.75. The zero-order chi connectivity index (χ0) is 12.0. The molecule has 0 aliphatic carbocycles. The van der Waals surface area contributed by atoms with Gasteiger partial charge in [0.2, 0.25) is 0 Å². The Labute approximate surface area is 97.2 Å². The Morgan fingerprint density at radius 2 is 2.06 bits per heavy atom. The molecule has 0 fully saturated rings. The predicted molar refractivity (Wildman–Crippen MR) is 68.1 cm³/mol. The Morgan fingerprint density at radius 3 is 2.69 bits per heavy atom. The number of carbonyl (C=O) groups is 1. The van der Waals surface area contributed by atoms with E-state index in [1.165, 1.54) is 0 Å². The Bertz CT molecular complexity index is 348. The largest absolute Gasteiger partial charge is 0.384 e. The van der Waals surface area contributed by atoms with E-state index in [0.717, 1.165) is 24.3 Å². The highest BCUT2D eigenvalue weighted by Crippen LogP contribution is 2.10. The molecule has 0 unspecified atom stereocenters. The summed E-state index contributed by atoms with van der Waals surface area (Å²) in [6.45, 7) is 7.60. The van der Waals surface area contributed by atoms with Gasteiger partial charge in [0.25, 0.3) is 0 Å². The summed E-state index contributed by atoms with van der Waals surface area (Å²) in [5, 5.41) is 6.60. The van der Waals surface area contributed by atoms with Gasteiger partial charge in [-0.15, -0.1) is 0 Å². The van der Waals surface area contributed by atoms with Gasteiger partial charge in [-0.05, 0) is 19.1 Å². The van der Waals surface area contributed by atoms with Gasteiger partial charge in [0, 0.05) is 30.4 Å². The number of ketones is 1. The van der Waals surface area contributed by atoms with Crippen LogP contribution < -0.4 is 10.6 Å². The van der Waals surface area contributed by atoms with Gasteiger partial charge in [0.05, 0.1) is 0 Å². The number of anilines is 1. The van der Waals surface area contributed by atoms with Crippen molar-refractivity contribution in [1.82, 2.24) is 5.32 Å². The molecule has 1 aromatic carbocycles. The van der Waals surface area contributed by atoms with Gasteiger partial charge in [-0.25, -0.2) is 0 Å². The summed E-state index contributed by atoms with van der Waals surface area (Å²) < 4.78 is 0. The lowest BCUT2D eigenvalue weighted by Gasteiger charge is -2.10. The van der Waals surface area contributed by atoms with Gasteiger partial charge >= 0.3 is 0 Å². The summed E-state index contributed by atoms with van der Waals surface area (Å²) in [6.07, 6.45) is 0. The fourth-order valence-corrected chi connectivity index (χ4v) is 1.42. The van der Waals surface area contributed by atoms with Crippen molar-refractivity contribution in [1.29, 1.82) is 0 Å².